The Bertz CT molecular complexity index is 858. The van der Waals surface area contributed by atoms with E-state index in [2.05, 4.69) is 11.1 Å². The first-order valence-corrected chi connectivity index (χ1v) is 7.15. The van der Waals surface area contributed by atoms with Crippen LogP contribution in [0.4, 0.5) is 0 Å². The Morgan fingerprint density at radius 2 is 1.95 bits per heavy atom. The molecule has 0 amide bonds. The molecule has 0 bridgehead atoms. The zero-order valence-corrected chi connectivity index (χ0v) is 12.8. The number of aryl methyl sites for hydroxylation is 1. The topological polar surface area (TPSA) is 41.1 Å². The molecule has 0 atom stereocenters. The number of fused-ring (bicyclic) bond motifs is 1. The molecule has 0 N–H and O–H groups in total. The summed E-state index contributed by atoms with van der Waals surface area (Å²) in [6, 6.07) is 12.0. The monoisotopic (exact) mass is 315 g/mol. The van der Waals surface area contributed by atoms with Gasteiger partial charge in [-0.25, -0.2) is 4.98 Å². The molecule has 3 aromatic rings. The molecule has 0 aliphatic rings. The molecule has 3 rings (SSSR count). The van der Waals surface area contributed by atoms with Gasteiger partial charge in [0, 0.05) is 12.6 Å². The molecule has 104 valence electrons. The number of pyridine rings is 1. The molecule has 2 aromatic heterocycles. The summed E-state index contributed by atoms with van der Waals surface area (Å²) in [5.74, 6) is 0. The second-order valence-electron chi connectivity index (χ2n) is 4.88. The number of imidazole rings is 1. The molecule has 2 heterocycles. The minimum Gasteiger partial charge on any atom is -0.288 e. The summed E-state index contributed by atoms with van der Waals surface area (Å²) in [5.41, 5.74) is 4.02. The molecule has 0 spiro atoms. The van der Waals surface area contributed by atoms with Crippen molar-refractivity contribution in [3.05, 3.63) is 69.1 Å². The summed E-state index contributed by atoms with van der Waals surface area (Å²) in [6.07, 6.45) is 2.24. The highest BCUT2D eigenvalue weighted by Gasteiger charge is 2.15. The Balaban J connectivity index is 2.12. The number of hydrogen-bond donors (Lipinski definition) is 0. The third kappa shape index (κ3) is 2.61. The lowest BCUT2D eigenvalue weighted by molar-refractivity contribution is 1.09. The normalized spacial score (nSPS) is 10.8. The van der Waals surface area contributed by atoms with Crippen LogP contribution >= 0.6 is 23.2 Å². The number of benzene rings is 1. The Hall–Kier alpha value is -2.02. The van der Waals surface area contributed by atoms with Crippen LogP contribution in [0.5, 0.6) is 0 Å². The number of halogens is 2. The molecular weight excluding hydrogens is 305 g/mol. The van der Waals surface area contributed by atoms with Crippen LogP contribution in [-0.4, -0.2) is 9.38 Å². The quantitative estimate of drug-likeness (QED) is 0.702. The minimum atomic E-state index is 0.439. The van der Waals surface area contributed by atoms with Gasteiger partial charge in [-0.1, -0.05) is 53.0 Å². The molecule has 0 unspecified atom stereocenters. The Kier molecular flexibility index (Phi) is 3.59. The van der Waals surface area contributed by atoms with Crippen molar-refractivity contribution in [2.75, 3.05) is 0 Å². The number of hydrogen-bond acceptors (Lipinski definition) is 2. The highest BCUT2D eigenvalue weighted by Crippen LogP contribution is 2.25. The maximum atomic E-state index is 9.41. The standard InChI is InChI=1S/C16H11Cl2N3/c1-10-2-4-11(5-3-10)6-14-15(8-19)21-9-12(17)7-13(18)16(21)20-14/h2-5,7,9H,6H2,1H3. The minimum absolute atomic E-state index is 0.439. The van der Waals surface area contributed by atoms with E-state index in [-0.39, 0.29) is 0 Å². The van der Waals surface area contributed by atoms with E-state index in [1.807, 2.05) is 31.2 Å². The summed E-state index contributed by atoms with van der Waals surface area (Å²) >= 11 is 12.1. The molecule has 3 nitrogen and oxygen atoms in total. The number of nitriles is 1. The van der Waals surface area contributed by atoms with Crippen molar-refractivity contribution < 1.29 is 0 Å². The molecule has 0 saturated carbocycles. The summed E-state index contributed by atoms with van der Waals surface area (Å²) in [5, 5.41) is 10.3. The van der Waals surface area contributed by atoms with E-state index in [1.54, 1.807) is 16.7 Å². The van der Waals surface area contributed by atoms with E-state index in [9.17, 15) is 5.26 Å². The Morgan fingerprint density at radius 3 is 2.62 bits per heavy atom. The van der Waals surface area contributed by atoms with E-state index in [4.69, 9.17) is 23.2 Å². The van der Waals surface area contributed by atoms with E-state index in [0.29, 0.717) is 33.5 Å². The fraction of sp³-hybridized carbons (Fsp3) is 0.125. The zero-order valence-electron chi connectivity index (χ0n) is 11.3. The van der Waals surface area contributed by atoms with Gasteiger partial charge in [0.15, 0.2) is 5.65 Å². The molecule has 5 heteroatoms. The molecule has 0 aliphatic heterocycles. The summed E-state index contributed by atoms with van der Waals surface area (Å²) < 4.78 is 1.65. The molecule has 0 saturated heterocycles. The van der Waals surface area contributed by atoms with Crippen LogP contribution in [0, 0.1) is 18.3 Å². The van der Waals surface area contributed by atoms with Crippen LogP contribution in [0.15, 0.2) is 36.5 Å². The van der Waals surface area contributed by atoms with Crippen molar-refractivity contribution in [2.24, 2.45) is 0 Å². The van der Waals surface area contributed by atoms with Crippen LogP contribution < -0.4 is 0 Å². The third-order valence-corrected chi connectivity index (χ3v) is 3.80. The van der Waals surface area contributed by atoms with Crippen LogP contribution in [0.3, 0.4) is 0 Å². The van der Waals surface area contributed by atoms with Gasteiger partial charge >= 0.3 is 0 Å². The maximum absolute atomic E-state index is 9.41. The molecule has 1 aromatic carbocycles. The lowest BCUT2D eigenvalue weighted by Gasteiger charge is -2.00. The largest absolute Gasteiger partial charge is 0.288 e. The van der Waals surface area contributed by atoms with Crippen LogP contribution in [0.25, 0.3) is 5.65 Å². The van der Waals surface area contributed by atoms with Gasteiger partial charge in [-0.3, -0.25) is 4.40 Å². The molecule has 0 radical (unpaired) electrons. The maximum Gasteiger partial charge on any atom is 0.157 e. The van der Waals surface area contributed by atoms with Gasteiger partial charge in [0.05, 0.1) is 15.7 Å². The molecule has 0 aliphatic carbocycles. The van der Waals surface area contributed by atoms with Gasteiger partial charge in [0.2, 0.25) is 0 Å². The van der Waals surface area contributed by atoms with Crippen molar-refractivity contribution >= 4 is 28.8 Å². The number of rotatable bonds is 2. The smallest absolute Gasteiger partial charge is 0.157 e. The van der Waals surface area contributed by atoms with Crippen molar-refractivity contribution in [1.29, 1.82) is 5.26 Å². The molecule has 0 fully saturated rings. The fourth-order valence-electron chi connectivity index (χ4n) is 2.26. The molecular formula is C16H11Cl2N3. The zero-order chi connectivity index (χ0) is 15.0. The molecule has 21 heavy (non-hydrogen) atoms. The van der Waals surface area contributed by atoms with Crippen molar-refractivity contribution in [3.63, 3.8) is 0 Å². The Labute approximate surface area is 132 Å². The lowest BCUT2D eigenvalue weighted by Crippen LogP contribution is -1.94. The predicted molar refractivity (Wildman–Crippen MR) is 83.9 cm³/mol. The van der Waals surface area contributed by atoms with Gasteiger partial charge in [0.25, 0.3) is 0 Å². The van der Waals surface area contributed by atoms with Crippen LogP contribution in [-0.2, 0) is 6.42 Å². The predicted octanol–water partition coefficient (Wildman–Crippen LogP) is 4.41. The average Bonchev–Trinajstić information content (AvgIpc) is 2.79. The van der Waals surface area contributed by atoms with Crippen molar-refractivity contribution in [2.45, 2.75) is 13.3 Å². The third-order valence-electron chi connectivity index (χ3n) is 3.31. The van der Waals surface area contributed by atoms with E-state index < -0.39 is 0 Å². The van der Waals surface area contributed by atoms with Crippen molar-refractivity contribution in [3.8, 4) is 6.07 Å². The van der Waals surface area contributed by atoms with Gasteiger partial charge < -0.3 is 0 Å². The van der Waals surface area contributed by atoms with Gasteiger partial charge in [-0.2, -0.15) is 5.26 Å². The summed E-state index contributed by atoms with van der Waals surface area (Å²) in [7, 11) is 0. The summed E-state index contributed by atoms with van der Waals surface area (Å²) in [6.45, 7) is 2.04. The second-order valence-corrected chi connectivity index (χ2v) is 5.72. The Morgan fingerprint density at radius 1 is 1.24 bits per heavy atom. The lowest BCUT2D eigenvalue weighted by atomic mass is 10.1. The van der Waals surface area contributed by atoms with Gasteiger partial charge in [-0.05, 0) is 18.6 Å². The van der Waals surface area contributed by atoms with Crippen LogP contribution in [0.1, 0.15) is 22.5 Å². The van der Waals surface area contributed by atoms with E-state index in [1.165, 1.54) is 5.56 Å². The summed E-state index contributed by atoms with van der Waals surface area (Å²) in [4.78, 5) is 4.49. The van der Waals surface area contributed by atoms with Crippen molar-refractivity contribution in [1.82, 2.24) is 9.38 Å². The number of nitrogens with zero attached hydrogens (tertiary/aromatic N) is 3. The average molecular weight is 316 g/mol. The van der Waals surface area contributed by atoms with Gasteiger partial charge in [-0.15, -0.1) is 0 Å². The van der Waals surface area contributed by atoms with Crippen LogP contribution in [0.2, 0.25) is 10.0 Å². The fourth-order valence-corrected chi connectivity index (χ4v) is 2.77. The second kappa shape index (κ2) is 5.40. The van der Waals surface area contributed by atoms with Gasteiger partial charge in [0.1, 0.15) is 11.8 Å². The SMILES string of the molecule is Cc1ccc(Cc2nc3c(Cl)cc(Cl)cn3c2C#N)cc1. The number of aromatic nitrogens is 2. The highest BCUT2D eigenvalue weighted by atomic mass is 35.5. The first-order valence-electron chi connectivity index (χ1n) is 6.40. The highest BCUT2D eigenvalue weighted by molar-refractivity contribution is 6.36. The van der Waals surface area contributed by atoms with E-state index >= 15 is 0 Å². The van der Waals surface area contributed by atoms with E-state index in [0.717, 1.165) is 5.56 Å². The first kappa shape index (κ1) is 13.9. The first-order chi connectivity index (χ1) is 10.1.